The minimum atomic E-state index is -0.423. The topological polar surface area (TPSA) is 90.7 Å². The molecule has 1 amide bonds. The first-order valence-corrected chi connectivity index (χ1v) is 9.00. The number of hydrogen-bond donors (Lipinski definition) is 1. The maximum absolute atomic E-state index is 12.0. The number of carbonyl (C=O) groups excluding carboxylic acids is 1. The van der Waals surface area contributed by atoms with Crippen LogP contribution in [0.1, 0.15) is 24.0 Å². The third kappa shape index (κ3) is 5.44. The Morgan fingerprint density at radius 1 is 1.00 bits per heavy atom. The van der Waals surface area contributed by atoms with E-state index >= 15 is 0 Å². The molecule has 2 aromatic rings. The van der Waals surface area contributed by atoms with Gasteiger partial charge in [0.25, 0.3) is 5.69 Å². The molecule has 0 radical (unpaired) electrons. The van der Waals surface area contributed by atoms with Crippen molar-refractivity contribution in [3.05, 3.63) is 63.7 Å². The van der Waals surface area contributed by atoms with Crippen LogP contribution in [0.5, 0.6) is 11.5 Å². The Labute approximate surface area is 157 Å². The number of benzene rings is 2. The molecular weight excluding hydrogens is 348 g/mol. The first-order valence-electron chi connectivity index (χ1n) is 9.00. The average molecular weight is 370 g/mol. The van der Waals surface area contributed by atoms with E-state index in [2.05, 4.69) is 5.32 Å². The van der Waals surface area contributed by atoms with Crippen molar-refractivity contribution in [2.24, 2.45) is 0 Å². The standard InChI is InChI=1S/C20H22N2O5/c23-20(21-11-10-15-4-7-17(8-5-15)22(24)25)3-1-2-16-6-9-18-19(14-16)27-13-12-26-18/h4-9,14H,1-3,10-13H2,(H,21,23). The number of carbonyl (C=O) groups is 1. The molecule has 1 aliphatic rings. The summed E-state index contributed by atoms with van der Waals surface area (Å²) in [6, 6.07) is 12.3. The van der Waals surface area contributed by atoms with Crippen LogP contribution in [0.25, 0.3) is 0 Å². The van der Waals surface area contributed by atoms with Crippen LogP contribution in [-0.2, 0) is 17.6 Å². The van der Waals surface area contributed by atoms with Crippen LogP contribution in [0.15, 0.2) is 42.5 Å². The van der Waals surface area contributed by atoms with Crippen LogP contribution >= 0.6 is 0 Å². The Balaban J connectivity index is 1.35. The van der Waals surface area contributed by atoms with E-state index in [4.69, 9.17) is 9.47 Å². The molecule has 1 N–H and O–H groups in total. The number of nitro benzene ring substituents is 1. The van der Waals surface area contributed by atoms with E-state index in [1.54, 1.807) is 12.1 Å². The predicted octanol–water partition coefficient (Wildman–Crippen LogP) is 3.05. The summed E-state index contributed by atoms with van der Waals surface area (Å²) in [5.74, 6) is 1.55. The van der Waals surface area contributed by atoms with Crippen LogP contribution in [-0.4, -0.2) is 30.6 Å². The van der Waals surface area contributed by atoms with Gasteiger partial charge in [-0.3, -0.25) is 14.9 Å². The summed E-state index contributed by atoms with van der Waals surface area (Å²) in [5, 5.41) is 13.5. The van der Waals surface area contributed by atoms with Gasteiger partial charge in [0, 0.05) is 25.1 Å². The lowest BCUT2D eigenvalue weighted by Gasteiger charge is -2.18. The zero-order valence-electron chi connectivity index (χ0n) is 15.0. The van der Waals surface area contributed by atoms with Crippen LogP contribution < -0.4 is 14.8 Å². The molecule has 7 nitrogen and oxygen atoms in total. The fraction of sp³-hybridized carbons (Fsp3) is 0.350. The van der Waals surface area contributed by atoms with Crippen molar-refractivity contribution < 1.29 is 19.2 Å². The van der Waals surface area contributed by atoms with Gasteiger partial charge in [0.1, 0.15) is 13.2 Å². The summed E-state index contributed by atoms with van der Waals surface area (Å²) in [4.78, 5) is 22.2. The van der Waals surface area contributed by atoms with E-state index in [1.807, 2.05) is 18.2 Å². The van der Waals surface area contributed by atoms with Crippen LogP contribution in [0, 0.1) is 10.1 Å². The lowest BCUT2D eigenvalue weighted by Crippen LogP contribution is -2.25. The number of rotatable bonds is 8. The molecule has 3 rings (SSSR count). The van der Waals surface area contributed by atoms with Crippen molar-refractivity contribution in [2.45, 2.75) is 25.7 Å². The van der Waals surface area contributed by atoms with Crippen molar-refractivity contribution >= 4 is 11.6 Å². The molecule has 0 aromatic heterocycles. The fourth-order valence-electron chi connectivity index (χ4n) is 2.92. The van der Waals surface area contributed by atoms with E-state index < -0.39 is 4.92 Å². The highest BCUT2D eigenvalue weighted by atomic mass is 16.6. The molecule has 0 unspecified atom stereocenters. The van der Waals surface area contributed by atoms with Crippen molar-refractivity contribution in [3.63, 3.8) is 0 Å². The number of non-ortho nitro benzene ring substituents is 1. The van der Waals surface area contributed by atoms with E-state index in [9.17, 15) is 14.9 Å². The van der Waals surface area contributed by atoms with Crippen molar-refractivity contribution in [2.75, 3.05) is 19.8 Å². The molecule has 0 atom stereocenters. The minimum absolute atomic E-state index is 0.00875. The molecular formula is C20H22N2O5. The second-order valence-electron chi connectivity index (χ2n) is 6.36. The second kappa shape index (κ2) is 9.02. The molecule has 0 bridgehead atoms. The molecule has 0 aliphatic carbocycles. The predicted molar refractivity (Wildman–Crippen MR) is 100 cm³/mol. The first-order chi connectivity index (χ1) is 13.1. The number of ether oxygens (including phenoxy) is 2. The van der Waals surface area contributed by atoms with Gasteiger partial charge in [0.2, 0.25) is 5.91 Å². The van der Waals surface area contributed by atoms with E-state index in [0.717, 1.165) is 35.5 Å². The third-order valence-corrected chi connectivity index (χ3v) is 4.36. The number of fused-ring (bicyclic) bond motifs is 1. The molecule has 7 heteroatoms. The van der Waals surface area contributed by atoms with Gasteiger partial charge in [0.05, 0.1) is 4.92 Å². The quantitative estimate of drug-likeness (QED) is 0.570. The number of aryl methyl sites for hydroxylation is 1. The summed E-state index contributed by atoms with van der Waals surface area (Å²) < 4.78 is 11.1. The number of amides is 1. The highest BCUT2D eigenvalue weighted by Gasteiger charge is 2.12. The van der Waals surface area contributed by atoms with Gasteiger partial charge in [-0.25, -0.2) is 0 Å². The summed E-state index contributed by atoms with van der Waals surface area (Å²) >= 11 is 0. The summed E-state index contributed by atoms with van der Waals surface area (Å²) in [7, 11) is 0. The molecule has 1 heterocycles. The lowest BCUT2D eigenvalue weighted by molar-refractivity contribution is -0.384. The van der Waals surface area contributed by atoms with Crippen molar-refractivity contribution in [3.8, 4) is 11.5 Å². The SMILES string of the molecule is O=C(CCCc1ccc2c(c1)OCCO2)NCCc1ccc([N+](=O)[O-])cc1. The number of hydrogen-bond acceptors (Lipinski definition) is 5. The van der Waals surface area contributed by atoms with Gasteiger partial charge in [-0.05, 0) is 42.5 Å². The largest absolute Gasteiger partial charge is 0.486 e. The Kier molecular flexibility index (Phi) is 6.25. The molecule has 27 heavy (non-hydrogen) atoms. The minimum Gasteiger partial charge on any atom is -0.486 e. The van der Waals surface area contributed by atoms with Crippen LogP contribution in [0.4, 0.5) is 5.69 Å². The van der Waals surface area contributed by atoms with Crippen LogP contribution in [0.3, 0.4) is 0 Å². The van der Waals surface area contributed by atoms with E-state index in [-0.39, 0.29) is 11.6 Å². The summed E-state index contributed by atoms with van der Waals surface area (Å²) in [5.41, 5.74) is 2.15. The summed E-state index contributed by atoms with van der Waals surface area (Å²) in [6.07, 6.45) is 2.65. The first kappa shape index (κ1) is 18.7. The zero-order valence-corrected chi connectivity index (χ0v) is 15.0. The van der Waals surface area contributed by atoms with Gasteiger partial charge >= 0.3 is 0 Å². The molecule has 0 spiro atoms. The summed E-state index contributed by atoms with van der Waals surface area (Å²) in [6.45, 7) is 1.65. The fourth-order valence-corrected chi connectivity index (χ4v) is 2.92. The van der Waals surface area contributed by atoms with Crippen LogP contribution in [0.2, 0.25) is 0 Å². The highest BCUT2D eigenvalue weighted by molar-refractivity contribution is 5.75. The zero-order chi connectivity index (χ0) is 19.1. The molecule has 0 fully saturated rings. The van der Waals surface area contributed by atoms with Gasteiger partial charge in [-0.2, -0.15) is 0 Å². The number of nitro groups is 1. The van der Waals surface area contributed by atoms with Gasteiger partial charge in [0.15, 0.2) is 11.5 Å². The van der Waals surface area contributed by atoms with Gasteiger partial charge in [-0.1, -0.05) is 18.2 Å². The van der Waals surface area contributed by atoms with E-state index in [0.29, 0.717) is 32.6 Å². The highest BCUT2D eigenvalue weighted by Crippen LogP contribution is 2.31. The smallest absolute Gasteiger partial charge is 0.269 e. The third-order valence-electron chi connectivity index (χ3n) is 4.36. The Hall–Kier alpha value is -3.09. The second-order valence-corrected chi connectivity index (χ2v) is 6.36. The Morgan fingerprint density at radius 2 is 1.70 bits per heavy atom. The Bertz CT molecular complexity index is 805. The van der Waals surface area contributed by atoms with Crippen molar-refractivity contribution in [1.29, 1.82) is 0 Å². The maximum Gasteiger partial charge on any atom is 0.269 e. The number of nitrogens with one attached hydrogen (secondary N) is 1. The van der Waals surface area contributed by atoms with Crippen molar-refractivity contribution in [1.82, 2.24) is 5.32 Å². The maximum atomic E-state index is 12.0. The monoisotopic (exact) mass is 370 g/mol. The van der Waals surface area contributed by atoms with E-state index in [1.165, 1.54) is 12.1 Å². The van der Waals surface area contributed by atoms with Gasteiger partial charge in [-0.15, -0.1) is 0 Å². The average Bonchev–Trinajstić information content (AvgIpc) is 2.68. The molecule has 142 valence electrons. The molecule has 0 saturated carbocycles. The normalized spacial score (nSPS) is 12.4. The lowest BCUT2D eigenvalue weighted by atomic mass is 10.1. The molecule has 0 saturated heterocycles. The number of nitrogens with zero attached hydrogens (tertiary/aromatic N) is 1. The molecule has 1 aliphatic heterocycles. The molecule has 2 aromatic carbocycles. The van der Waals surface area contributed by atoms with Gasteiger partial charge < -0.3 is 14.8 Å². The Morgan fingerprint density at radius 3 is 2.44 bits per heavy atom.